The van der Waals surface area contributed by atoms with E-state index in [1.807, 2.05) is 150 Å². The highest BCUT2D eigenvalue weighted by atomic mass is 32.2. The Hall–Kier alpha value is -3.83. The van der Waals surface area contributed by atoms with Gasteiger partial charge in [-0.2, -0.15) is 0 Å². The predicted octanol–water partition coefficient (Wildman–Crippen LogP) is 10.3. The van der Waals surface area contributed by atoms with Crippen LogP contribution in [-0.4, -0.2) is 16.2 Å². The number of aromatic nitrogens is 2. The smallest absolute Gasteiger partial charge is 0.152 e. The summed E-state index contributed by atoms with van der Waals surface area (Å²) in [5, 5.41) is 5.39. The first-order chi connectivity index (χ1) is 19.2. The number of thioether (sulfide) groups is 1. The molecule has 0 aliphatic rings. The largest absolute Gasteiger partial charge is 0.489 e. The Labute approximate surface area is 240 Å². The monoisotopic (exact) mass is 541 g/mol. The third-order valence-electron chi connectivity index (χ3n) is 4.83. The van der Waals surface area contributed by atoms with Crippen LogP contribution < -0.4 is 10.1 Å². The topological polar surface area (TPSA) is 47.0 Å². The van der Waals surface area contributed by atoms with E-state index in [2.05, 4.69) is 27.4 Å². The van der Waals surface area contributed by atoms with Crippen LogP contribution in [0.15, 0.2) is 115 Å². The summed E-state index contributed by atoms with van der Waals surface area (Å²) in [6.07, 6.45) is 12.1. The number of hydrogen-bond acceptors (Lipinski definition) is 5. The van der Waals surface area contributed by atoms with Crippen LogP contribution in [0.5, 0.6) is 5.75 Å². The normalized spacial score (nSPS) is 10.3. The zero-order valence-electron chi connectivity index (χ0n) is 24.4. The minimum atomic E-state index is 0.541. The van der Waals surface area contributed by atoms with Crippen LogP contribution in [-0.2, 0) is 6.61 Å². The quantitative estimate of drug-likeness (QED) is 0.225. The van der Waals surface area contributed by atoms with Crippen molar-refractivity contribution in [1.82, 2.24) is 9.97 Å². The molecule has 1 N–H and O–H groups in total. The highest BCUT2D eigenvalue weighted by molar-refractivity contribution is 8.01. The van der Waals surface area contributed by atoms with Gasteiger partial charge in [-0.3, -0.25) is 0 Å². The van der Waals surface area contributed by atoms with E-state index < -0.39 is 0 Å². The van der Waals surface area contributed by atoms with Crippen LogP contribution in [0.1, 0.15) is 45.9 Å². The summed E-state index contributed by atoms with van der Waals surface area (Å²) in [5.74, 6) is 1.56. The van der Waals surface area contributed by atoms with E-state index in [1.54, 1.807) is 11.8 Å². The summed E-state index contributed by atoms with van der Waals surface area (Å²) in [6, 6.07) is 25.9. The zero-order valence-corrected chi connectivity index (χ0v) is 25.2. The van der Waals surface area contributed by atoms with E-state index >= 15 is 0 Å². The average Bonchev–Trinajstić information content (AvgIpc) is 3.00. The van der Waals surface area contributed by atoms with Crippen molar-refractivity contribution in [1.29, 1.82) is 0 Å². The molecule has 206 valence electrons. The number of anilines is 2. The van der Waals surface area contributed by atoms with Crippen LogP contribution in [0.4, 0.5) is 11.5 Å². The number of nitrogens with zero attached hydrogens (tertiary/aromatic N) is 2. The molecular formula is C34H43N3OS. The Morgan fingerprint density at radius 3 is 2.08 bits per heavy atom. The van der Waals surface area contributed by atoms with Crippen molar-refractivity contribution in [3.05, 3.63) is 126 Å². The second-order valence-electron chi connectivity index (χ2n) is 7.55. The lowest BCUT2D eigenvalue weighted by Gasteiger charge is -2.11. The zero-order chi connectivity index (χ0) is 28.7. The van der Waals surface area contributed by atoms with Gasteiger partial charge in [0.25, 0.3) is 0 Å². The van der Waals surface area contributed by atoms with Crippen molar-refractivity contribution in [2.45, 2.75) is 48.1 Å². The van der Waals surface area contributed by atoms with Crippen molar-refractivity contribution in [3.8, 4) is 5.75 Å². The Morgan fingerprint density at radius 1 is 0.769 bits per heavy atom. The van der Waals surface area contributed by atoms with Gasteiger partial charge >= 0.3 is 0 Å². The second-order valence-corrected chi connectivity index (χ2v) is 8.29. The van der Waals surface area contributed by atoms with E-state index in [0.29, 0.717) is 6.61 Å². The van der Waals surface area contributed by atoms with Gasteiger partial charge in [0.05, 0.1) is 16.7 Å². The Morgan fingerprint density at radius 2 is 1.41 bits per heavy atom. The molecule has 0 spiro atoms. The van der Waals surface area contributed by atoms with Crippen LogP contribution in [0.2, 0.25) is 0 Å². The molecule has 0 radical (unpaired) electrons. The first-order valence-electron chi connectivity index (χ1n) is 13.4. The summed E-state index contributed by atoms with van der Waals surface area (Å²) in [6.45, 7) is 12.5. The Kier molecular flexibility index (Phi) is 18.0. The van der Waals surface area contributed by atoms with Crippen LogP contribution >= 0.6 is 11.8 Å². The molecule has 4 rings (SSSR count). The highest BCUT2D eigenvalue weighted by Crippen LogP contribution is 2.24. The summed E-state index contributed by atoms with van der Waals surface area (Å²) in [4.78, 5) is 9.29. The molecule has 0 saturated heterocycles. The molecule has 0 amide bonds. The number of nitrogens with one attached hydrogen (secondary N) is 1. The van der Waals surface area contributed by atoms with E-state index in [4.69, 9.17) is 4.74 Å². The molecule has 0 aliphatic heterocycles. The number of hydrogen-bond donors (Lipinski definition) is 1. The van der Waals surface area contributed by atoms with E-state index in [1.165, 1.54) is 0 Å². The number of rotatable bonds is 8. The van der Waals surface area contributed by atoms with Gasteiger partial charge in [-0.15, -0.1) is 11.8 Å². The van der Waals surface area contributed by atoms with Gasteiger partial charge in [-0.1, -0.05) is 107 Å². The molecule has 0 bridgehead atoms. The molecule has 0 atom stereocenters. The maximum Gasteiger partial charge on any atom is 0.152 e. The van der Waals surface area contributed by atoms with E-state index in [-0.39, 0.29) is 0 Å². The number of benzene rings is 3. The summed E-state index contributed by atoms with van der Waals surface area (Å²) < 4.78 is 5.89. The Balaban J connectivity index is 0.000000498. The molecule has 4 aromatic rings. The van der Waals surface area contributed by atoms with Gasteiger partial charge in [-0.25, -0.2) is 9.97 Å². The molecule has 3 aromatic carbocycles. The van der Waals surface area contributed by atoms with Gasteiger partial charge in [0.15, 0.2) is 5.82 Å². The fourth-order valence-electron chi connectivity index (χ4n) is 3.11. The lowest BCUT2D eigenvalue weighted by atomic mass is 10.2. The standard InChI is InChI=1S/C22H19N3O.C8H12S.2C2H6/c1-16-22(25-21-13-6-5-12-20(21)23-16)24-18-10-7-11-19(14-18)26-15-17-8-3-2-4-9-17;1-3-4-5-6-7-8-9-2;2*1-2/h2-14H,15H2,1H3,(H,24,25);3-8H,1-2H3;2*1-2H3/b;4-3-,6-5-,8-7+;;. The molecule has 0 fully saturated rings. The van der Waals surface area contributed by atoms with Crippen LogP contribution in [0.25, 0.3) is 11.0 Å². The molecule has 5 heteroatoms. The lowest BCUT2D eigenvalue weighted by molar-refractivity contribution is 0.306. The molecular weight excluding hydrogens is 498 g/mol. The number of ether oxygens (including phenoxy) is 1. The molecule has 0 unspecified atom stereocenters. The van der Waals surface area contributed by atoms with Crippen LogP contribution in [0.3, 0.4) is 0 Å². The van der Waals surface area contributed by atoms with E-state index in [9.17, 15) is 0 Å². The van der Waals surface area contributed by atoms with Crippen molar-refractivity contribution in [3.63, 3.8) is 0 Å². The molecule has 1 aromatic heterocycles. The molecule has 39 heavy (non-hydrogen) atoms. The van der Waals surface area contributed by atoms with Gasteiger partial charge in [-0.05, 0) is 55.3 Å². The molecule has 0 aliphatic carbocycles. The number of aryl methyl sites for hydroxylation is 1. The third kappa shape index (κ3) is 13.0. The lowest BCUT2D eigenvalue weighted by Crippen LogP contribution is -2.00. The fraction of sp³-hybridized carbons (Fsp3) is 0.235. The van der Waals surface area contributed by atoms with Gasteiger partial charge in [0.1, 0.15) is 12.4 Å². The minimum Gasteiger partial charge on any atom is -0.489 e. The van der Waals surface area contributed by atoms with Crippen molar-refractivity contribution < 1.29 is 4.74 Å². The third-order valence-corrected chi connectivity index (χ3v) is 5.26. The van der Waals surface area contributed by atoms with Crippen LogP contribution in [0, 0.1) is 6.92 Å². The average molecular weight is 542 g/mol. The maximum absolute atomic E-state index is 5.89. The second kappa shape index (κ2) is 21.1. The molecule has 4 nitrogen and oxygen atoms in total. The maximum atomic E-state index is 5.89. The van der Waals surface area contributed by atoms with E-state index in [0.717, 1.165) is 39.5 Å². The first-order valence-corrected chi connectivity index (χ1v) is 14.7. The summed E-state index contributed by atoms with van der Waals surface area (Å²) in [7, 11) is 0. The van der Waals surface area contributed by atoms with Gasteiger partial charge in [0.2, 0.25) is 0 Å². The highest BCUT2D eigenvalue weighted by Gasteiger charge is 2.06. The SMILES string of the molecule is CC.CC.C\C=C/C=C\C=C\SC.Cc1nc2ccccc2nc1Nc1cccc(OCc2ccccc2)c1. The first kappa shape index (κ1) is 33.2. The minimum absolute atomic E-state index is 0.541. The number of fused-ring (bicyclic) bond motifs is 1. The van der Waals surface area contributed by atoms with Crippen molar-refractivity contribution >= 4 is 34.3 Å². The fourth-order valence-corrected chi connectivity index (χ4v) is 3.36. The predicted molar refractivity (Wildman–Crippen MR) is 174 cm³/mol. The van der Waals surface area contributed by atoms with Gasteiger partial charge in [0, 0.05) is 11.8 Å². The number of allylic oxidation sites excluding steroid dienone is 5. The Bertz CT molecular complexity index is 1280. The number of para-hydroxylation sites is 2. The summed E-state index contributed by atoms with van der Waals surface area (Å²) >= 11 is 1.70. The van der Waals surface area contributed by atoms with Crippen molar-refractivity contribution in [2.24, 2.45) is 0 Å². The molecule has 1 heterocycles. The van der Waals surface area contributed by atoms with Crippen molar-refractivity contribution in [2.75, 3.05) is 11.6 Å². The molecule has 0 saturated carbocycles. The summed E-state index contributed by atoms with van der Waals surface area (Å²) in [5.41, 5.74) is 4.69. The van der Waals surface area contributed by atoms with Gasteiger partial charge < -0.3 is 10.1 Å².